The van der Waals surface area contributed by atoms with E-state index in [9.17, 15) is 0 Å². The molecule has 0 aliphatic carbocycles. The fourth-order valence-corrected chi connectivity index (χ4v) is 2.00. The normalized spacial score (nSPS) is 20.4. The number of pyridine rings is 1. The lowest BCUT2D eigenvalue weighted by molar-refractivity contribution is -0.0447. The smallest absolute Gasteiger partial charge is 0.188 e. The summed E-state index contributed by atoms with van der Waals surface area (Å²) in [6.07, 6.45) is 5.23. The van der Waals surface area contributed by atoms with Gasteiger partial charge >= 0.3 is 0 Å². The van der Waals surface area contributed by atoms with E-state index >= 15 is 0 Å². The first-order chi connectivity index (χ1) is 9.29. The van der Waals surface area contributed by atoms with E-state index in [1.54, 1.807) is 12.3 Å². The van der Waals surface area contributed by atoms with E-state index < -0.39 is 0 Å². The second-order valence-corrected chi connectivity index (χ2v) is 4.54. The zero-order valence-corrected chi connectivity index (χ0v) is 10.8. The Bertz CT molecular complexity index is 431. The van der Waals surface area contributed by atoms with E-state index in [1.807, 2.05) is 6.07 Å². The molecule has 1 aromatic rings. The Morgan fingerprint density at radius 2 is 2.47 bits per heavy atom. The molecule has 2 rings (SSSR count). The van der Waals surface area contributed by atoms with Crippen LogP contribution in [0.2, 0.25) is 0 Å². The van der Waals surface area contributed by atoms with E-state index in [0.717, 1.165) is 25.0 Å². The molecule has 3 N–H and O–H groups in total. The van der Waals surface area contributed by atoms with Crippen LogP contribution in [0.5, 0.6) is 0 Å². The molecule has 1 aliphatic rings. The van der Waals surface area contributed by atoms with Gasteiger partial charge in [-0.25, -0.2) is 0 Å². The summed E-state index contributed by atoms with van der Waals surface area (Å²) in [5.41, 5.74) is 6.86. The predicted octanol–water partition coefficient (Wildman–Crippen LogP) is 1.26. The number of oxime groups is 1. The summed E-state index contributed by atoms with van der Waals surface area (Å²) < 4.78 is 11.2. The van der Waals surface area contributed by atoms with Crippen LogP contribution in [-0.2, 0) is 16.1 Å². The van der Waals surface area contributed by atoms with Gasteiger partial charge in [-0.2, -0.15) is 0 Å². The van der Waals surface area contributed by atoms with Crippen molar-refractivity contribution in [2.24, 2.45) is 10.9 Å². The van der Waals surface area contributed by atoms with Crippen LogP contribution >= 0.6 is 0 Å². The standard InChI is InChI=1S/C13H19N3O3/c14-13(16-17)12-7-10(4-5-15-12)8-18-9-11-3-1-2-6-19-11/h4-5,7,11,17H,1-3,6,8-9H2,(H2,14,16). The SMILES string of the molecule is NC(=NO)c1cc(COCC2CCCCO2)ccn1. The Morgan fingerprint density at radius 1 is 1.58 bits per heavy atom. The number of ether oxygens (including phenoxy) is 2. The molecule has 0 amide bonds. The van der Waals surface area contributed by atoms with Gasteiger partial charge in [-0.15, -0.1) is 0 Å². The molecule has 1 unspecified atom stereocenters. The van der Waals surface area contributed by atoms with Crippen LogP contribution in [-0.4, -0.2) is 35.3 Å². The van der Waals surface area contributed by atoms with Crippen molar-refractivity contribution in [2.45, 2.75) is 32.0 Å². The largest absolute Gasteiger partial charge is 0.409 e. The average molecular weight is 265 g/mol. The lowest BCUT2D eigenvalue weighted by Crippen LogP contribution is -2.24. The number of nitrogens with two attached hydrogens (primary N) is 1. The number of hydrogen-bond acceptors (Lipinski definition) is 5. The van der Waals surface area contributed by atoms with Crippen LogP contribution in [0.25, 0.3) is 0 Å². The number of hydrogen-bond donors (Lipinski definition) is 2. The van der Waals surface area contributed by atoms with Crippen molar-refractivity contribution in [1.29, 1.82) is 0 Å². The molecule has 0 spiro atoms. The maximum absolute atomic E-state index is 8.60. The number of rotatable bonds is 5. The van der Waals surface area contributed by atoms with Crippen molar-refractivity contribution in [2.75, 3.05) is 13.2 Å². The molecule has 0 aromatic carbocycles. The molecule has 1 aromatic heterocycles. The van der Waals surface area contributed by atoms with Gasteiger partial charge in [0.1, 0.15) is 5.69 Å². The minimum atomic E-state index is -0.00235. The van der Waals surface area contributed by atoms with Gasteiger partial charge < -0.3 is 20.4 Å². The van der Waals surface area contributed by atoms with Gasteiger partial charge in [0.2, 0.25) is 0 Å². The summed E-state index contributed by atoms with van der Waals surface area (Å²) in [4.78, 5) is 4.01. The second-order valence-electron chi connectivity index (χ2n) is 4.54. The van der Waals surface area contributed by atoms with Crippen LogP contribution in [0.4, 0.5) is 0 Å². The van der Waals surface area contributed by atoms with Gasteiger partial charge in [-0.3, -0.25) is 4.98 Å². The second kappa shape index (κ2) is 7.06. The number of nitrogens with zero attached hydrogens (tertiary/aromatic N) is 2. The van der Waals surface area contributed by atoms with Crippen molar-refractivity contribution in [3.8, 4) is 0 Å². The molecule has 19 heavy (non-hydrogen) atoms. The summed E-state index contributed by atoms with van der Waals surface area (Å²) in [6, 6.07) is 3.59. The summed E-state index contributed by atoms with van der Waals surface area (Å²) in [6.45, 7) is 1.90. The van der Waals surface area contributed by atoms with Crippen molar-refractivity contribution in [3.05, 3.63) is 29.6 Å². The first kappa shape index (κ1) is 13.8. The molecule has 0 bridgehead atoms. The first-order valence-corrected chi connectivity index (χ1v) is 6.42. The Kier molecular flexibility index (Phi) is 5.11. The molecule has 2 heterocycles. The minimum absolute atomic E-state index is 0.00235. The Hall–Kier alpha value is -1.66. The topological polar surface area (TPSA) is 90.0 Å². The van der Waals surface area contributed by atoms with Gasteiger partial charge in [-0.05, 0) is 37.0 Å². The number of amidine groups is 1. The quantitative estimate of drug-likeness (QED) is 0.362. The van der Waals surface area contributed by atoms with Crippen LogP contribution in [0.15, 0.2) is 23.5 Å². The van der Waals surface area contributed by atoms with Crippen molar-refractivity contribution in [3.63, 3.8) is 0 Å². The highest BCUT2D eigenvalue weighted by Crippen LogP contribution is 2.13. The fraction of sp³-hybridized carbons (Fsp3) is 0.538. The summed E-state index contributed by atoms with van der Waals surface area (Å²) in [7, 11) is 0. The lowest BCUT2D eigenvalue weighted by atomic mass is 10.1. The zero-order chi connectivity index (χ0) is 13.5. The predicted molar refractivity (Wildman–Crippen MR) is 70.0 cm³/mol. The summed E-state index contributed by atoms with van der Waals surface area (Å²) in [5.74, 6) is -0.00235. The molecule has 1 fully saturated rings. The van der Waals surface area contributed by atoms with Gasteiger partial charge in [0, 0.05) is 12.8 Å². The molecule has 1 atom stereocenters. The minimum Gasteiger partial charge on any atom is -0.409 e. The van der Waals surface area contributed by atoms with Crippen molar-refractivity contribution in [1.82, 2.24) is 4.98 Å². The third-order valence-corrected chi connectivity index (χ3v) is 3.04. The van der Waals surface area contributed by atoms with Gasteiger partial charge in [0.15, 0.2) is 5.84 Å². The highest BCUT2D eigenvalue weighted by atomic mass is 16.5. The zero-order valence-electron chi connectivity index (χ0n) is 10.8. The fourth-order valence-electron chi connectivity index (χ4n) is 2.00. The van der Waals surface area contributed by atoms with Crippen molar-refractivity contribution >= 4 is 5.84 Å². The first-order valence-electron chi connectivity index (χ1n) is 6.42. The molecular formula is C13H19N3O3. The molecule has 0 radical (unpaired) electrons. The van der Waals surface area contributed by atoms with Crippen LogP contribution in [0, 0.1) is 0 Å². The van der Waals surface area contributed by atoms with Crippen LogP contribution < -0.4 is 5.73 Å². The molecule has 1 aliphatic heterocycles. The number of aromatic nitrogens is 1. The van der Waals surface area contributed by atoms with E-state index in [-0.39, 0.29) is 11.9 Å². The van der Waals surface area contributed by atoms with E-state index in [2.05, 4.69) is 10.1 Å². The maximum atomic E-state index is 8.60. The summed E-state index contributed by atoms with van der Waals surface area (Å²) in [5, 5.41) is 11.5. The third kappa shape index (κ3) is 4.18. The van der Waals surface area contributed by atoms with Crippen LogP contribution in [0.3, 0.4) is 0 Å². The van der Waals surface area contributed by atoms with E-state index in [0.29, 0.717) is 18.9 Å². The molecule has 6 nitrogen and oxygen atoms in total. The van der Waals surface area contributed by atoms with Gasteiger partial charge in [0.25, 0.3) is 0 Å². The maximum Gasteiger partial charge on any atom is 0.188 e. The average Bonchev–Trinajstić information content (AvgIpc) is 2.48. The Balaban J connectivity index is 1.82. The lowest BCUT2D eigenvalue weighted by Gasteiger charge is -2.22. The molecule has 1 saturated heterocycles. The molecular weight excluding hydrogens is 246 g/mol. The summed E-state index contributed by atoms with van der Waals surface area (Å²) >= 11 is 0. The van der Waals surface area contributed by atoms with Crippen molar-refractivity contribution < 1.29 is 14.7 Å². The van der Waals surface area contributed by atoms with E-state index in [4.69, 9.17) is 20.4 Å². The van der Waals surface area contributed by atoms with Crippen LogP contribution in [0.1, 0.15) is 30.5 Å². The van der Waals surface area contributed by atoms with Gasteiger partial charge in [0.05, 0.1) is 19.3 Å². The molecule has 104 valence electrons. The van der Waals surface area contributed by atoms with E-state index in [1.165, 1.54) is 6.42 Å². The highest BCUT2D eigenvalue weighted by molar-refractivity contribution is 5.95. The molecule has 0 saturated carbocycles. The molecule has 6 heteroatoms. The van der Waals surface area contributed by atoms with Gasteiger partial charge in [-0.1, -0.05) is 5.16 Å². The third-order valence-electron chi connectivity index (χ3n) is 3.04. The Morgan fingerprint density at radius 3 is 3.21 bits per heavy atom. The monoisotopic (exact) mass is 265 g/mol. The highest BCUT2D eigenvalue weighted by Gasteiger charge is 2.13. The Labute approximate surface area is 112 Å².